The Morgan fingerprint density at radius 1 is 1.03 bits per heavy atom. The molecular formula is C24H22FN3O5S. The summed E-state index contributed by atoms with van der Waals surface area (Å²) >= 11 is 1.17. The molecule has 8 nitrogen and oxygen atoms in total. The van der Waals surface area contributed by atoms with Crippen molar-refractivity contribution in [3.05, 3.63) is 91.7 Å². The normalized spacial score (nSPS) is 10.9. The molecule has 1 amide bonds. The minimum atomic E-state index is -0.680. The number of rotatable bonds is 8. The number of hydrogen-bond acceptors (Lipinski definition) is 6. The molecule has 0 bridgehead atoms. The first-order valence-corrected chi connectivity index (χ1v) is 11.2. The van der Waals surface area contributed by atoms with E-state index in [0.29, 0.717) is 21.7 Å². The Hall–Kier alpha value is -3.92. The van der Waals surface area contributed by atoms with E-state index in [1.807, 2.05) is 0 Å². The number of carbonyl (C=O) groups is 1. The molecule has 0 unspecified atom stereocenters. The highest BCUT2D eigenvalue weighted by Gasteiger charge is 2.17. The van der Waals surface area contributed by atoms with E-state index in [1.54, 1.807) is 35.7 Å². The standard InChI is InChI=1S/C24H22FN3O5S/c1-32-19-8-7-15(11-20(19)33-2)12-26-21(29)14-27-18-9-10-34-22(18)23(30)28(24(27)31)13-16-5-3-4-6-17(16)25/h3-11H,12-14H2,1-2H3,(H,26,29). The molecule has 0 aliphatic heterocycles. The topological polar surface area (TPSA) is 91.6 Å². The summed E-state index contributed by atoms with van der Waals surface area (Å²) in [5, 5.41) is 4.45. The van der Waals surface area contributed by atoms with Crippen molar-refractivity contribution in [2.45, 2.75) is 19.6 Å². The van der Waals surface area contributed by atoms with Crippen LogP contribution in [0.5, 0.6) is 11.5 Å². The third kappa shape index (κ3) is 4.58. The van der Waals surface area contributed by atoms with Crippen molar-refractivity contribution >= 4 is 27.5 Å². The quantitative estimate of drug-likeness (QED) is 0.416. The van der Waals surface area contributed by atoms with Crippen molar-refractivity contribution in [1.82, 2.24) is 14.5 Å². The van der Waals surface area contributed by atoms with Gasteiger partial charge in [-0.1, -0.05) is 24.3 Å². The maximum atomic E-state index is 14.2. The Morgan fingerprint density at radius 3 is 2.53 bits per heavy atom. The molecule has 2 heterocycles. The number of carbonyl (C=O) groups excluding carboxylic acids is 1. The Kier molecular flexibility index (Phi) is 6.78. The lowest BCUT2D eigenvalue weighted by Gasteiger charge is -2.13. The molecule has 0 saturated heterocycles. The summed E-state index contributed by atoms with van der Waals surface area (Å²) in [5.41, 5.74) is 0.164. The predicted octanol–water partition coefficient (Wildman–Crippen LogP) is 2.75. The SMILES string of the molecule is COc1ccc(CNC(=O)Cn2c(=O)n(Cc3ccccc3F)c(=O)c3sccc32)cc1OC. The first-order valence-electron chi connectivity index (χ1n) is 10.3. The Balaban J connectivity index is 1.60. The van der Waals surface area contributed by atoms with E-state index in [0.717, 1.165) is 10.1 Å². The molecule has 0 aliphatic carbocycles. The zero-order valence-electron chi connectivity index (χ0n) is 18.5. The van der Waals surface area contributed by atoms with Crippen molar-refractivity contribution in [2.24, 2.45) is 0 Å². The van der Waals surface area contributed by atoms with Crippen LogP contribution >= 0.6 is 11.3 Å². The van der Waals surface area contributed by atoms with Gasteiger partial charge in [-0.25, -0.2) is 9.18 Å². The van der Waals surface area contributed by atoms with Gasteiger partial charge in [0, 0.05) is 12.1 Å². The molecule has 0 saturated carbocycles. The number of hydrogen-bond donors (Lipinski definition) is 1. The zero-order chi connectivity index (χ0) is 24.2. The lowest BCUT2D eigenvalue weighted by molar-refractivity contribution is -0.121. The van der Waals surface area contributed by atoms with Gasteiger partial charge in [0.25, 0.3) is 5.56 Å². The Bertz CT molecular complexity index is 1470. The fourth-order valence-electron chi connectivity index (χ4n) is 3.61. The molecule has 1 N–H and O–H groups in total. The Labute approximate surface area is 197 Å². The van der Waals surface area contributed by atoms with E-state index in [2.05, 4.69) is 5.32 Å². The summed E-state index contributed by atoms with van der Waals surface area (Å²) in [5.74, 6) is 0.173. The maximum absolute atomic E-state index is 14.2. The molecule has 0 atom stereocenters. The van der Waals surface area contributed by atoms with Gasteiger partial charge in [-0.3, -0.25) is 18.7 Å². The van der Waals surface area contributed by atoms with Crippen LogP contribution in [0.15, 0.2) is 63.5 Å². The molecule has 4 rings (SSSR count). The second-order valence-corrected chi connectivity index (χ2v) is 8.37. The van der Waals surface area contributed by atoms with Gasteiger partial charge in [0.1, 0.15) is 17.1 Å². The summed E-state index contributed by atoms with van der Waals surface area (Å²) in [7, 11) is 3.06. The van der Waals surface area contributed by atoms with Crippen LogP contribution in [0.3, 0.4) is 0 Å². The van der Waals surface area contributed by atoms with Crippen molar-refractivity contribution in [1.29, 1.82) is 0 Å². The number of nitrogens with zero attached hydrogens (tertiary/aromatic N) is 2. The summed E-state index contributed by atoms with van der Waals surface area (Å²) in [6, 6.07) is 12.8. The number of aromatic nitrogens is 2. The number of nitrogens with one attached hydrogen (secondary N) is 1. The molecule has 0 aliphatic rings. The second kappa shape index (κ2) is 9.92. The van der Waals surface area contributed by atoms with Gasteiger partial charge in [0.2, 0.25) is 5.91 Å². The number of thiophene rings is 1. The lowest BCUT2D eigenvalue weighted by atomic mass is 10.2. The molecule has 2 aromatic heterocycles. The minimum absolute atomic E-state index is 0.204. The zero-order valence-corrected chi connectivity index (χ0v) is 19.4. The largest absolute Gasteiger partial charge is 0.493 e. The highest BCUT2D eigenvalue weighted by atomic mass is 32.1. The number of ether oxygens (including phenoxy) is 2. The monoisotopic (exact) mass is 483 g/mol. The number of fused-ring (bicyclic) bond motifs is 1. The molecule has 10 heteroatoms. The van der Waals surface area contributed by atoms with Gasteiger partial charge in [0.15, 0.2) is 11.5 Å². The summed E-state index contributed by atoms with van der Waals surface area (Å²) in [4.78, 5) is 38.8. The maximum Gasteiger partial charge on any atom is 0.332 e. The first kappa shape index (κ1) is 23.2. The van der Waals surface area contributed by atoms with Gasteiger partial charge in [-0.05, 0) is 35.2 Å². The van der Waals surface area contributed by atoms with Crippen molar-refractivity contribution in [3.63, 3.8) is 0 Å². The molecule has 34 heavy (non-hydrogen) atoms. The summed E-state index contributed by atoms with van der Waals surface area (Å²) in [6.45, 7) is -0.321. The van der Waals surface area contributed by atoms with Crippen LogP contribution in [0, 0.1) is 5.82 Å². The van der Waals surface area contributed by atoms with Crippen molar-refractivity contribution < 1.29 is 18.7 Å². The van der Waals surface area contributed by atoms with Crippen LogP contribution in [-0.2, 0) is 24.4 Å². The molecule has 2 aromatic carbocycles. The number of benzene rings is 2. The highest BCUT2D eigenvalue weighted by Crippen LogP contribution is 2.27. The van der Waals surface area contributed by atoms with Crippen LogP contribution in [-0.4, -0.2) is 29.3 Å². The van der Waals surface area contributed by atoms with Crippen LogP contribution in [0.2, 0.25) is 0 Å². The molecule has 0 radical (unpaired) electrons. The molecule has 0 spiro atoms. The number of halogens is 1. The fourth-order valence-corrected chi connectivity index (χ4v) is 4.46. The van der Waals surface area contributed by atoms with Crippen LogP contribution in [0.4, 0.5) is 4.39 Å². The Morgan fingerprint density at radius 2 is 1.79 bits per heavy atom. The van der Waals surface area contributed by atoms with Crippen molar-refractivity contribution in [3.8, 4) is 11.5 Å². The minimum Gasteiger partial charge on any atom is -0.493 e. The molecule has 0 fully saturated rings. The van der Waals surface area contributed by atoms with Gasteiger partial charge in [-0.2, -0.15) is 0 Å². The third-order valence-electron chi connectivity index (χ3n) is 5.36. The highest BCUT2D eigenvalue weighted by molar-refractivity contribution is 7.17. The van der Waals surface area contributed by atoms with E-state index in [4.69, 9.17) is 9.47 Å². The first-order chi connectivity index (χ1) is 16.4. The van der Waals surface area contributed by atoms with Gasteiger partial charge in [-0.15, -0.1) is 11.3 Å². The molecule has 4 aromatic rings. The second-order valence-electron chi connectivity index (χ2n) is 7.45. The summed E-state index contributed by atoms with van der Waals surface area (Å²) in [6.07, 6.45) is 0. The van der Waals surface area contributed by atoms with Crippen LogP contribution in [0.25, 0.3) is 10.2 Å². The lowest BCUT2D eigenvalue weighted by Crippen LogP contribution is -2.42. The van der Waals surface area contributed by atoms with E-state index in [-0.39, 0.29) is 25.2 Å². The average Bonchev–Trinajstić information content (AvgIpc) is 3.34. The molecule has 176 valence electrons. The average molecular weight is 484 g/mol. The van der Waals surface area contributed by atoms with E-state index in [9.17, 15) is 18.8 Å². The molecular weight excluding hydrogens is 461 g/mol. The smallest absolute Gasteiger partial charge is 0.332 e. The van der Waals surface area contributed by atoms with Gasteiger partial charge < -0.3 is 14.8 Å². The fraction of sp³-hybridized carbons (Fsp3) is 0.208. The number of methoxy groups -OCH3 is 2. The van der Waals surface area contributed by atoms with E-state index in [1.165, 1.54) is 48.3 Å². The van der Waals surface area contributed by atoms with Crippen LogP contribution < -0.4 is 26.0 Å². The van der Waals surface area contributed by atoms with E-state index < -0.39 is 23.0 Å². The van der Waals surface area contributed by atoms with Crippen LogP contribution in [0.1, 0.15) is 11.1 Å². The van der Waals surface area contributed by atoms with E-state index >= 15 is 0 Å². The van der Waals surface area contributed by atoms with Crippen molar-refractivity contribution in [2.75, 3.05) is 14.2 Å². The van der Waals surface area contributed by atoms with Gasteiger partial charge in [0.05, 0.1) is 26.3 Å². The predicted molar refractivity (Wildman–Crippen MR) is 127 cm³/mol. The summed E-state index contributed by atoms with van der Waals surface area (Å²) < 4.78 is 27.2. The van der Waals surface area contributed by atoms with Gasteiger partial charge >= 0.3 is 5.69 Å². The number of amides is 1. The third-order valence-corrected chi connectivity index (χ3v) is 6.25.